The van der Waals surface area contributed by atoms with Gasteiger partial charge in [-0.2, -0.15) is 0 Å². The number of benzene rings is 2. The topological polar surface area (TPSA) is 71.1 Å². The number of carbonyl (C=O) groups excluding carboxylic acids is 2. The minimum absolute atomic E-state index is 0.0129. The second kappa shape index (κ2) is 10.2. The molecule has 0 bridgehead atoms. The molecule has 0 saturated heterocycles. The van der Waals surface area contributed by atoms with Crippen molar-refractivity contribution in [3.8, 4) is 11.3 Å². The molecule has 7 heteroatoms. The molecule has 0 radical (unpaired) electrons. The van der Waals surface area contributed by atoms with Gasteiger partial charge in [-0.25, -0.2) is 4.98 Å². The van der Waals surface area contributed by atoms with Crippen molar-refractivity contribution in [3.05, 3.63) is 60.0 Å². The average molecular weight is 426 g/mol. The number of carbonyl (C=O) groups is 2. The number of thiazole rings is 1. The van der Waals surface area contributed by atoms with Crippen LogP contribution in [0.3, 0.4) is 0 Å². The number of anilines is 2. The molecule has 150 valence electrons. The van der Waals surface area contributed by atoms with Crippen molar-refractivity contribution in [2.75, 3.05) is 10.6 Å². The minimum Gasteiger partial charge on any atom is -0.326 e. The molecule has 2 amide bonds. The second-order valence-corrected chi connectivity index (χ2v) is 8.75. The number of amides is 2. The van der Waals surface area contributed by atoms with E-state index >= 15 is 0 Å². The fraction of sp³-hybridized carbons (Fsp3) is 0.227. The van der Waals surface area contributed by atoms with Crippen LogP contribution in [0.25, 0.3) is 11.3 Å². The van der Waals surface area contributed by atoms with E-state index in [9.17, 15) is 9.59 Å². The summed E-state index contributed by atoms with van der Waals surface area (Å²) in [6, 6.07) is 17.4. The van der Waals surface area contributed by atoms with Crippen molar-refractivity contribution >= 4 is 45.7 Å². The van der Waals surface area contributed by atoms with Gasteiger partial charge in [0.2, 0.25) is 11.8 Å². The SMILES string of the molecule is CCCC(=O)Nc1ccc(SC(C)C(=O)Nc2nc(-c3ccccc3)cs2)cc1. The van der Waals surface area contributed by atoms with Crippen LogP contribution in [0, 0.1) is 0 Å². The molecule has 0 aliphatic rings. The summed E-state index contributed by atoms with van der Waals surface area (Å²) in [4.78, 5) is 29.6. The van der Waals surface area contributed by atoms with Crippen LogP contribution in [0.5, 0.6) is 0 Å². The van der Waals surface area contributed by atoms with Gasteiger partial charge in [-0.15, -0.1) is 23.1 Å². The van der Waals surface area contributed by atoms with Crippen molar-refractivity contribution < 1.29 is 9.59 Å². The Hall–Kier alpha value is -2.64. The van der Waals surface area contributed by atoms with Crippen LogP contribution in [-0.2, 0) is 9.59 Å². The van der Waals surface area contributed by atoms with Gasteiger partial charge in [-0.3, -0.25) is 9.59 Å². The molecule has 3 aromatic rings. The molecule has 0 fully saturated rings. The van der Waals surface area contributed by atoms with Gasteiger partial charge in [-0.05, 0) is 37.6 Å². The molecule has 2 aromatic carbocycles. The highest BCUT2D eigenvalue weighted by Gasteiger charge is 2.16. The van der Waals surface area contributed by atoms with Crippen LogP contribution < -0.4 is 10.6 Å². The summed E-state index contributed by atoms with van der Waals surface area (Å²) in [6.45, 7) is 3.84. The van der Waals surface area contributed by atoms with Gasteiger partial charge < -0.3 is 10.6 Å². The van der Waals surface area contributed by atoms with E-state index in [1.54, 1.807) is 0 Å². The first-order valence-corrected chi connectivity index (χ1v) is 11.2. The van der Waals surface area contributed by atoms with Gasteiger partial charge in [0.15, 0.2) is 5.13 Å². The number of aromatic nitrogens is 1. The Bertz CT molecular complexity index is 956. The van der Waals surface area contributed by atoms with E-state index in [1.165, 1.54) is 23.1 Å². The van der Waals surface area contributed by atoms with E-state index in [0.29, 0.717) is 11.6 Å². The first-order valence-electron chi connectivity index (χ1n) is 9.43. The van der Waals surface area contributed by atoms with E-state index in [-0.39, 0.29) is 17.1 Å². The molecule has 2 N–H and O–H groups in total. The highest BCUT2D eigenvalue weighted by molar-refractivity contribution is 8.00. The van der Waals surface area contributed by atoms with Crippen LogP contribution in [0.2, 0.25) is 0 Å². The van der Waals surface area contributed by atoms with Gasteiger partial charge in [0, 0.05) is 27.9 Å². The number of nitrogens with one attached hydrogen (secondary N) is 2. The number of hydrogen-bond donors (Lipinski definition) is 2. The predicted octanol–water partition coefficient (Wildman–Crippen LogP) is 5.67. The molecule has 3 rings (SSSR count). The molecule has 0 saturated carbocycles. The summed E-state index contributed by atoms with van der Waals surface area (Å²) in [7, 11) is 0. The first-order chi connectivity index (χ1) is 14.0. The van der Waals surface area contributed by atoms with Crippen LogP contribution in [0.1, 0.15) is 26.7 Å². The second-order valence-electron chi connectivity index (χ2n) is 6.48. The van der Waals surface area contributed by atoms with Crippen molar-refractivity contribution in [1.29, 1.82) is 0 Å². The molecular formula is C22H23N3O2S2. The van der Waals surface area contributed by atoms with Crippen molar-refractivity contribution in [2.45, 2.75) is 36.8 Å². The molecule has 1 unspecified atom stereocenters. The highest BCUT2D eigenvalue weighted by atomic mass is 32.2. The molecule has 1 aromatic heterocycles. The summed E-state index contributed by atoms with van der Waals surface area (Å²) < 4.78 is 0. The third-order valence-corrected chi connectivity index (χ3v) is 5.97. The summed E-state index contributed by atoms with van der Waals surface area (Å²) in [5, 5.41) is 8.01. The zero-order valence-electron chi connectivity index (χ0n) is 16.3. The molecule has 1 atom stereocenters. The smallest absolute Gasteiger partial charge is 0.239 e. The molecular weight excluding hydrogens is 402 g/mol. The Labute approximate surface area is 179 Å². The van der Waals surface area contributed by atoms with E-state index < -0.39 is 0 Å². The van der Waals surface area contributed by atoms with Crippen LogP contribution >= 0.6 is 23.1 Å². The lowest BCUT2D eigenvalue weighted by Gasteiger charge is -2.11. The number of nitrogens with zero attached hydrogens (tertiary/aromatic N) is 1. The summed E-state index contributed by atoms with van der Waals surface area (Å²) >= 11 is 2.88. The Morgan fingerprint density at radius 2 is 1.79 bits per heavy atom. The maximum atomic E-state index is 12.5. The van der Waals surface area contributed by atoms with Gasteiger partial charge in [0.05, 0.1) is 10.9 Å². The van der Waals surface area contributed by atoms with Crippen molar-refractivity contribution in [1.82, 2.24) is 4.98 Å². The minimum atomic E-state index is -0.278. The average Bonchev–Trinajstić information content (AvgIpc) is 3.19. The van der Waals surface area contributed by atoms with E-state index in [0.717, 1.165) is 28.3 Å². The monoisotopic (exact) mass is 425 g/mol. The Balaban J connectivity index is 1.54. The van der Waals surface area contributed by atoms with E-state index in [1.807, 2.05) is 73.8 Å². The van der Waals surface area contributed by atoms with Crippen LogP contribution in [-0.4, -0.2) is 22.0 Å². The molecule has 0 spiro atoms. The van der Waals surface area contributed by atoms with Crippen LogP contribution in [0.15, 0.2) is 64.9 Å². The molecule has 29 heavy (non-hydrogen) atoms. The predicted molar refractivity (Wildman–Crippen MR) is 121 cm³/mol. The maximum absolute atomic E-state index is 12.5. The standard InChI is InChI=1S/C22H23N3O2S2/c1-3-7-20(26)23-17-10-12-18(13-11-17)29-15(2)21(27)25-22-24-19(14-28-22)16-8-5-4-6-9-16/h4-6,8-15H,3,7H2,1-2H3,(H,23,26)(H,24,25,27). The largest absolute Gasteiger partial charge is 0.326 e. The zero-order chi connectivity index (χ0) is 20.6. The van der Waals surface area contributed by atoms with Crippen LogP contribution in [0.4, 0.5) is 10.8 Å². The number of hydrogen-bond acceptors (Lipinski definition) is 5. The third-order valence-electron chi connectivity index (χ3n) is 4.10. The lowest BCUT2D eigenvalue weighted by atomic mass is 10.2. The molecule has 5 nitrogen and oxygen atoms in total. The van der Waals surface area contributed by atoms with E-state index in [4.69, 9.17) is 0 Å². The van der Waals surface area contributed by atoms with Crippen molar-refractivity contribution in [2.24, 2.45) is 0 Å². The Morgan fingerprint density at radius 1 is 1.07 bits per heavy atom. The Morgan fingerprint density at radius 3 is 2.48 bits per heavy atom. The van der Waals surface area contributed by atoms with Gasteiger partial charge in [0.25, 0.3) is 0 Å². The lowest BCUT2D eigenvalue weighted by molar-refractivity contribution is -0.116. The first kappa shape index (κ1) is 21.1. The Kier molecular flexibility index (Phi) is 7.43. The summed E-state index contributed by atoms with van der Waals surface area (Å²) in [5.41, 5.74) is 2.64. The highest BCUT2D eigenvalue weighted by Crippen LogP contribution is 2.28. The summed E-state index contributed by atoms with van der Waals surface area (Å²) in [5.74, 6) is -0.0803. The molecule has 1 heterocycles. The van der Waals surface area contributed by atoms with Crippen molar-refractivity contribution in [3.63, 3.8) is 0 Å². The number of thioether (sulfide) groups is 1. The maximum Gasteiger partial charge on any atom is 0.239 e. The normalized spacial score (nSPS) is 11.7. The third kappa shape index (κ3) is 6.17. The van der Waals surface area contributed by atoms with Gasteiger partial charge in [-0.1, -0.05) is 37.3 Å². The van der Waals surface area contributed by atoms with E-state index in [2.05, 4.69) is 15.6 Å². The zero-order valence-corrected chi connectivity index (χ0v) is 18.0. The fourth-order valence-corrected chi connectivity index (χ4v) is 4.19. The number of rotatable bonds is 8. The quantitative estimate of drug-likeness (QED) is 0.456. The molecule has 0 aliphatic heterocycles. The fourth-order valence-electron chi connectivity index (χ4n) is 2.60. The summed E-state index contributed by atoms with van der Waals surface area (Å²) in [6.07, 6.45) is 1.33. The van der Waals surface area contributed by atoms with Gasteiger partial charge >= 0.3 is 0 Å². The van der Waals surface area contributed by atoms with Gasteiger partial charge in [0.1, 0.15) is 0 Å². The lowest BCUT2D eigenvalue weighted by Crippen LogP contribution is -2.22. The molecule has 0 aliphatic carbocycles.